The van der Waals surface area contributed by atoms with Crippen LogP contribution in [-0.2, 0) is 6.54 Å². The van der Waals surface area contributed by atoms with Crippen molar-refractivity contribution in [2.24, 2.45) is 0 Å². The topological polar surface area (TPSA) is 50.5 Å². The first-order chi connectivity index (χ1) is 11.1. The second-order valence-electron chi connectivity index (χ2n) is 5.57. The Morgan fingerprint density at radius 2 is 1.78 bits per heavy atom. The van der Waals surface area contributed by atoms with Crippen molar-refractivity contribution in [3.8, 4) is 0 Å². The molecule has 4 heteroatoms. The number of nitrogens with zero attached hydrogens (tertiary/aromatic N) is 1. The van der Waals surface area contributed by atoms with Crippen LogP contribution < -0.4 is 5.63 Å². The number of carbonyl (C=O) groups is 1. The van der Waals surface area contributed by atoms with E-state index in [0.29, 0.717) is 12.1 Å². The van der Waals surface area contributed by atoms with Crippen LogP contribution in [0.5, 0.6) is 0 Å². The molecule has 0 saturated carbocycles. The van der Waals surface area contributed by atoms with Crippen molar-refractivity contribution in [1.29, 1.82) is 0 Å². The number of hydrogen-bond donors (Lipinski definition) is 0. The molecule has 3 rings (SSSR count). The summed E-state index contributed by atoms with van der Waals surface area (Å²) in [7, 11) is 1.68. The number of fused-ring (bicyclic) bond motifs is 1. The third-order valence-corrected chi connectivity index (χ3v) is 3.89. The molecule has 1 heterocycles. The fourth-order valence-corrected chi connectivity index (χ4v) is 2.53. The van der Waals surface area contributed by atoms with Gasteiger partial charge in [0.25, 0.3) is 5.91 Å². The Labute approximate surface area is 134 Å². The van der Waals surface area contributed by atoms with Gasteiger partial charge in [-0.1, -0.05) is 42.5 Å². The monoisotopic (exact) mass is 307 g/mol. The minimum Gasteiger partial charge on any atom is -0.422 e. The summed E-state index contributed by atoms with van der Waals surface area (Å²) in [5.41, 5.74) is 2.09. The van der Waals surface area contributed by atoms with E-state index < -0.39 is 5.63 Å². The molecule has 0 N–H and O–H groups in total. The first kappa shape index (κ1) is 15.0. The summed E-state index contributed by atoms with van der Waals surface area (Å²) in [6.07, 6.45) is 0. The van der Waals surface area contributed by atoms with E-state index in [9.17, 15) is 9.59 Å². The van der Waals surface area contributed by atoms with Crippen LogP contribution in [0.25, 0.3) is 11.0 Å². The zero-order valence-electron chi connectivity index (χ0n) is 13.1. The van der Waals surface area contributed by atoms with Gasteiger partial charge >= 0.3 is 5.63 Å². The predicted octanol–water partition coefficient (Wildman–Crippen LogP) is 3.37. The summed E-state index contributed by atoms with van der Waals surface area (Å²) in [4.78, 5) is 26.2. The highest BCUT2D eigenvalue weighted by atomic mass is 16.4. The lowest BCUT2D eigenvalue weighted by Gasteiger charge is -2.18. The van der Waals surface area contributed by atoms with Crippen LogP contribution in [0.3, 0.4) is 0 Å². The van der Waals surface area contributed by atoms with Crippen molar-refractivity contribution in [3.05, 3.63) is 81.7 Å². The van der Waals surface area contributed by atoms with Crippen molar-refractivity contribution in [1.82, 2.24) is 4.90 Å². The van der Waals surface area contributed by atoms with E-state index in [1.165, 1.54) is 4.90 Å². The summed E-state index contributed by atoms with van der Waals surface area (Å²) in [5.74, 6) is -0.340. The molecule has 0 spiro atoms. The molecular formula is C19H17NO3. The van der Waals surface area contributed by atoms with Crippen LogP contribution >= 0.6 is 0 Å². The Morgan fingerprint density at radius 1 is 1.09 bits per heavy atom. The molecule has 116 valence electrons. The van der Waals surface area contributed by atoms with Gasteiger partial charge in [0.05, 0.1) is 0 Å². The zero-order chi connectivity index (χ0) is 16.4. The number of hydrogen-bond acceptors (Lipinski definition) is 3. The van der Waals surface area contributed by atoms with Crippen LogP contribution in [0, 0.1) is 6.92 Å². The van der Waals surface area contributed by atoms with Crippen molar-refractivity contribution in [2.75, 3.05) is 7.05 Å². The maximum atomic E-state index is 12.6. The molecule has 0 atom stereocenters. The average Bonchev–Trinajstić information content (AvgIpc) is 2.55. The molecule has 0 fully saturated rings. The summed E-state index contributed by atoms with van der Waals surface area (Å²) in [6.45, 7) is 2.44. The Balaban J connectivity index is 1.92. The maximum absolute atomic E-state index is 12.6. The zero-order valence-corrected chi connectivity index (χ0v) is 13.1. The minimum absolute atomic E-state index is 0.0554. The molecule has 0 aliphatic heterocycles. The van der Waals surface area contributed by atoms with Gasteiger partial charge in [0.2, 0.25) is 0 Å². The average molecular weight is 307 g/mol. The largest absolute Gasteiger partial charge is 0.422 e. The highest BCUT2D eigenvalue weighted by molar-refractivity contribution is 5.96. The number of aryl methyl sites for hydroxylation is 1. The molecule has 2 aromatic carbocycles. The molecular weight excluding hydrogens is 290 g/mol. The van der Waals surface area contributed by atoms with Gasteiger partial charge < -0.3 is 9.32 Å². The minimum atomic E-state index is -0.606. The first-order valence-corrected chi connectivity index (χ1v) is 7.39. The van der Waals surface area contributed by atoms with E-state index in [-0.39, 0.29) is 11.5 Å². The number of amides is 1. The van der Waals surface area contributed by atoms with Crippen molar-refractivity contribution >= 4 is 16.9 Å². The molecule has 0 radical (unpaired) electrons. The molecule has 0 aliphatic rings. The van der Waals surface area contributed by atoms with Crippen LogP contribution in [-0.4, -0.2) is 17.9 Å². The van der Waals surface area contributed by atoms with Gasteiger partial charge in [0.1, 0.15) is 11.1 Å². The summed E-state index contributed by atoms with van der Waals surface area (Å²) in [5, 5.41) is 0.736. The molecule has 3 aromatic rings. The maximum Gasteiger partial charge on any atom is 0.349 e. The smallest absolute Gasteiger partial charge is 0.349 e. The van der Waals surface area contributed by atoms with Crippen molar-refractivity contribution in [3.63, 3.8) is 0 Å². The van der Waals surface area contributed by atoms with Crippen LogP contribution in [0.4, 0.5) is 0 Å². The van der Waals surface area contributed by atoms with Gasteiger partial charge in [-0.2, -0.15) is 0 Å². The molecule has 0 saturated heterocycles. The molecule has 1 amide bonds. The molecule has 0 unspecified atom stereocenters. The summed E-state index contributed by atoms with van der Waals surface area (Å²) in [6, 6.07) is 16.6. The second-order valence-corrected chi connectivity index (χ2v) is 5.57. The SMILES string of the molecule is Cc1ccccc1CN(C)C(=O)c1cc2ccccc2oc1=O. The van der Waals surface area contributed by atoms with E-state index >= 15 is 0 Å². The molecule has 1 aromatic heterocycles. The van der Waals surface area contributed by atoms with E-state index in [4.69, 9.17) is 4.42 Å². The Morgan fingerprint density at radius 3 is 2.57 bits per heavy atom. The Hall–Kier alpha value is -2.88. The third-order valence-electron chi connectivity index (χ3n) is 3.89. The fraction of sp³-hybridized carbons (Fsp3) is 0.158. The van der Waals surface area contributed by atoms with E-state index in [1.807, 2.05) is 43.3 Å². The number of carbonyl (C=O) groups excluding carboxylic acids is 1. The van der Waals surface area contributed by atoms with Gasteiger partial charge in [0, 0.05) is 19.0 Å². The fourth-order valence-electron chi connectivity index (χ4n) is 2.53. The first-order valence-electron chi connectivity index (χ1n) is 7.39. The van der Waals surface area contributed by atoms with E-state index in [1.54, 1.807) is 25.2 Å². The lowest BCUT2D eigenvalue weighted by molar-refractivity contribution is 0.0781. The Bertz CT molecular complexity index is 927. The quantitative estimate of drug-likeness (QED) is 0.697. The van der Waals surface area contributed by atoms with Crippen LogP contribution in [0.2, 0.25) is 0 Å². The molecule has 4 nitrogen and oxygen atoms in total. The third kappa shape index (κ3) is 3.01. The molecule has 0 aliphatic carbocycles. The highest BCUT2D eigenvalue weighted by Crippen LogP contribution is 2.15. The number of para-hydroxylation sites is 1. The molecule has 0 bridgehead atoms. The van der Waals surface area contributed by atoms with Gasteiger partial charge in [-0.05, 0) is 30.2 Å². The predicted molar refractivity (Wildman–Crippen MR) is 89.5 cm³/mol. The second kappa shape index (κ2) is 6.08. The van der Waals surface area contributed by atoms with Gasteiger partial charge in [-0.25, -0.2) is 4.79 Å². The van der Waals surface area contributed by atoms with E-state index in [2.05, 4.69) is 0 Å². The highest BCUT2D eigenvalue weighted by Gasteiger charge is 2.18. The van der Waals surface area contributed by atoms with Crippen molar-refractivity contribution < 1.29 is 9.21 Å². The van der Waals surface area contributed by atoms with Gasteiger partial charge in [-0.3, -0.25) is 4.79 Å². The lowest BCUT2D eigenvalue weighted by Crippen LogP contribution is -2.30. The number of rotatable bonds is 3. The van der Waals surface area contributed by atoms with Crippen LogP contribution in [0.1, 0.15) is 21.5 Å². The standard InChI is InChI=1S/C19H17NO3/c1-13-7-3-4-9-15(13)12-20(2)18(21)16-11-14-8-5-6-10-17(14)23-19(16)22/h3-11H,12H2,1-2H3. The Kier molecular flexibility index (Phi) is 3.98. The molecule has 23 heavy (non-hydrogen) atoms. The van der Waals surface area contributed by atoms with Gasteiger partial charge in [-0.15, -0.1) is 0 Å². The summed E-state index contributed by atoms with van der Waals surface area (Å²) < 4.78 is 5.23. The lowest BCUT2D eigenvalue weighted by atomic mass is 10.1. The summed E-state index contributed by atoms with van der Waals surface area (Å²) >= 11 is 0. The van der Waals surface area contributed by atoms with Crippen LogP contribution in [0.15, 0.2) is 63.8 Å². The number of benzene rings is 2. The van der Waals surface area contributed by atoms with E-state index in [0.717, 1.165) is 16.5 Å². The normalized spacial score (nSPS) is 10.7. The van der Waals surface area contributed by atoms with Gasteiger partial charge in [0.15, 0.2) is 0 Å². The van der Waals surface area contributed by atoms with Crippen molar-refractivity contribution in [2.45, 2.75) is 13.5 Å².